The Balaban J connectivity index is 2.95. The summed E-state index contributed by atoms with van der Waals surface area (Å²) >= 11 is 0. The maximum Gasteiger partial charge on any atom is 0.339 e. The molecule has 0 bridgehead atoms. The Morgan fingerprint density at radius 1 is 1.29 bits per heavy atom. The minimum atomic E-state index is -1.29. The normalized spacial score (nSPS) is 10.7. The second-order valence-electron chi connectivity index (χ2n) is 3.78. The molecule has 2 N–H and O–H groups in total. The fourth-order valence-electron chi connectivity index (χ4n) is 1.61. The molecule has 0 fully saturated rings. The van der Waals surface area contributed by atoms with Gasteiger partial charge in [0, 0.05) is 11.6 Å². The third-order valence-electron chi connectivity index (χ3n) is 2.70. The molecule has 2 aromatic rings. The number of carboxylic acid groups (broad SMARTS) is 1. The molecule has 5 heteroatoms. The minimum absolute atomic E-state index is 0.156. The first kappa shape index (κ1) is 11.2. The van der Waals surface area contributed by atoms with E-state index in [1.807, 2.05) is 0 Å². The van der Waals surface area contributed by atoms with E-state index < -0.39 is 11.7 Å². The van der Waals surface area contributed by atoms with Gasteiger partial charge >= 0.3 is 5.97 Å². The number of hydrogen-bond acceptors (Lipinski definition) is 4. The summed E-state index contributed by atoms with van der Waals surface area (Å²) in [5, 5.41) is 18.5. The van der Waals surface area contributed by atoms with Gasteiger partial charge in [-0.2, -0.15) is 0 Å². The van der Waals surface area contributed by atoms with E-state index in [1.165, 1.54) is 0 Å². The van der Waals surface area contributed by atoms with Crippen LogP contribution in [-0.2, 0) is 0 Å². The topological polar surface area (TPSA) is 87.7 Å². The van der Waals surface area contributed by atoms with Gasteiger partial charge in [-0.3, -0.25) is 4.79 Å². The van der Waals surface area contributed by atoms with Crippen LogP contribution in [0.1, 0.15) is 21.7 Å². The summed E-state index contributed by atoms with van der Waals surface area (Å²) in [4.78, 5) is 22.7. The molecule has 17 heavy (non-hydrogen) atoms. The van der Waals surface area contributed by atoms with Crippen LogP contribution in [0.15, 0.2) is 21.3 Å². The predicted molar refractivity (Wildman–Crippen MR) is 60.6 cm³/mol. The lowest BCUT2D eigenvalue weighted by atomic mass is 10.1. The largest absolute Gasteiger partial charge is 0.507 e. The molecule has 1 aromatic heterocycles. The van der Waals surface area contributed by atoms with Gasteiger partial charge in [-0.1, -0.05) is 0 Å². The van der Waals surface area contributed by atoms with Crippen molar-refractivity contribution in [3.8, 4) is 5.75 Å². The third-order valence-corrected chi connectivity index (χ3v) is 2.70. The number of rotatable bonds is 1. The molecule has 1 aromatic carbocycles. The van der Waals surface area contributed by atoms with Crippen LogP contribution in [0.25, 0.3) is 11.0 Å². The average Bonchev–Trinajstić information content (AvgIpc) is 2.25. The Kier molecular flexibility index (Phi) is 2.38. The van der Waals surface area contributed by atoms with E-state index in [9.17, 15) is 14.7 Å². The molecule has 0 unspecified atom stereocenters. The van der Waals surface area contributed by atoms with Gasteiger partial charge in [0.2, 0.25) is 0 Å². The van der Waals surface area contributed by atoms with Gasteiger partial charge in [0.05, 0.1) is 5.39 Å². The highest BCUT2D eigenvalue weighted by Crippen LogP contribution is 2.24. The molecule has 0 aliphatic carbocycles. The van der Waals surface area contributed by atoms with Crippen molar-refractivity contribution in [2.75, 3.05) is 0 Å². The van der Waals surface area contributed by atoms with E-state index in [2.05, 4.69) is 0 Å². The molecule has 0 radical (unpaired) electrons. The standard InChI is InChI=1S/C12H10O5/c1-5-6(2)17-10-4-9(13)7(12(15)16)3-8(10)11(5)14/h3-4,13H,1-2H3,(H,15,16). The monoisotopic (exact) mass is 234 g/mol. The summed E-state index contributed by atoms with van der Waals surface area (Å²) in [5.74, 6) is -1.26. The SMILES string of the molecule is Cc1oc2cc(O)c(C(=O)O)cc2c(=O)c1C. The fourth-order valence-corrected chi connectivity index (χ4v) is 1.61. The molecule has 0 atom stereocenters. The molecule has 0 saturated carbocycles. The number of aromatic carboxylic acids is 1. The van der Waals surface area contributed by atoms with Gasteiger partial charge in [0.1, 0.15) is 22.7 Å². The number of carboxylic acids is 1. The van der Waals surface area contributed by atoms with Gasteiger partial charge < -0.3 is 14.6 Å². The molecular weight excluding hydrogens is 224 g/mol. The van der Waals surface area contributed by atoms with Crippen molar-refractivity contribution in [1.82, 2.24) is 0 Å². The van der Waals surface area contributed by atoms with Crippen LogP contribution in [0.5, 0.6) is 5.75 Å². The number of aryl methyl sites for hydroxylation is 1. The van der Waals surface area contributed by atoms with Crippen LogP contribution in [0.4, 0.5) is 0 Å². The molecule has 1 heterocycles. The van der Waals surface area contributed by atoms with Crippen molar-refractivity contribution in [3.63, 3.8) is 0 Å². The Morgan fingerprint density at radius 3 is 2.53 bits per heavy atom. The summed E-state index contributed by atoms with van der Waals surface area (Å²) in [6, 6.07) is 2.28. The van der Waals surface area contributed by atoms with Gasteiger partial charge in [-0.15, -0.1) is 0 Å². The number of benzene rings is 1. The Hall–Kier alpha value is -2.30. The van der Waals surface area contributed by atoms with Crippen molar-refractivity contribution >= 4 is 16.9 Å². The first-order valence-electron chi connectivity index (χ1n) is 4.92. The van der Waals surface area contributed by atoms with E-state index in [-0.39, 0.29) is 22.0 Å². The summed E-state index contributed by atoms with van der Waals surface area (Å²) in [6.45, 7) is 3.24. The molecule has 0 amide bonds. The first-order valence-corrected chi connectivity index (χ1v) is 4.92. The first-order chi connectivity index (χ1) is 7.91. The molecule has 0 aliphatic rings. The van der Waals surface area contributed by atoms with Crippen molar-refractivity contribution < 1.29 is 19.4 Å². The second kappa shape index (κ2) is 3.62. The highest BCUT2D eigenvalue weighted by molar-refractivity contribution is 5.96. The van der Waals surface area contributed by atoms with Crippen molar-refractivity contribution in [3.05, 3.63) is 39.2 Å². The van der Waals surface area contributed by atoms with Gasteiger partial charge in [-0.05, 0) is 19.9 Å². The fraction of sp³-hybridized carbons (Fsp3) is 0.167. The van der Waals surface area contributed by atoms with E-state index in [1.54, 1.807) is 13.8 Å². The summed E-state index contributed by atoms with van der Waals surface area (Å²) < 4.78 is 5.34. The lowest BCUT2D eigenvalue weighted by molar-refractivity contribution is 0.0694. The highest BCUT2D eigenvalue weighted by Gasteiger charge is 2.15. The molecule has 0 saturated heterocycles. The van der Waals surface area contributed by atoms with Gasteiger partial charge in [0.25, 0.3) is 0 Å². The number of hydrogen-bond donors (Lipinski definition) is 2. The summed E-state index contributed by atoms with van der Waals surface area (Å²) in [7, 11) is 0. The summed E-state index contributed by atoms with van der Waals surface area (Å²) in [6.07, 6.45) is 0. The van der Waals surface area contributed by atoms with Crippen LogP contribution >= 0.6 is 0 Å². The van der Waals surface area contributed by atoms with Crippen molar-refractivity contribution in [2.45, 2.75) is 13.8 Å². The maximum absolute atomic E-state index is 11.9. The van der Waals surface area contributed by atoms with Crippen LogP contribution in [0, 0.1) is 13.8 Å². The van der Waals surface area contributed by atoms with Crippen molar-refractivity contribution in [1.29, 1.82) is 0 Å². The van der Waals surface area contributed by atoms with Crippen LogP contribution in [-0.4, -0.2) is 16.2 Å². The van der Waals surface area contributed by atoms with E-state index in [0.29, 0.717) is 11.3 Å². The quantitative estimate of drug-likeness (QED) is 0.785. The van der Waals surface area contributed by atoms with Gasteiger partial charge in [-0.25, -0.2) is 4.79 Å². The van der Waals surface area contributed by atoms with Crippen molar-refractivity contribution in [2.24, 2.45) is 0 Å². The van der Waals surface area contributed by atoms with E-state index >= 15 is 0 Å². The van der Waals surface area contributed by atoms with E-state index in [0.717, 1.165) is 12.1 Å². The van der Waals surface area contributed by atoms with Crippen LogP contribution < -0.4 is 5.43 Å². The number of carbonyl (C=O) groups is 1. The lowest BCUT2D eigenvalue weighted by Gasteiger charge is -2.05. The number of phenols is 1. The number of fused-ring (bicyclic) bond motifs is 1. The third kappa shape index (κ3) is 1.65. The lowest BCUT2D eigenvalue weighted by Crippen LogP contribution is -2.08. The molecule has 0 spiro atoms. The molecule has 5 nitrogen and oxygen atoms in total. The molecule has 2 rings (SSSR count). The zero-order chi connectivity index (χ0) is 12.7. The highest BCUT2D eigenvalue weighted by atomic mass is 16.4. The molecule has 88 valence electrons. The maximum atomic E-state index is 11.9. The predicted octanol–water partition coefficient (Wildman–Crippen LogP) is 1.81. The van der Waals surface area contributed by atoms with Gasteiger partial charge in [0.15, 0.2) is 5.43 Å². The smallest absolute Gasteiger partial charge is 0.339 e. The Bertz CT molecular complexity index is 681. The Morgan fingerprint density at radius 2 is 1.94 bits per heavy atom. The molecule has 0 aliphatic heterocycles. The zero-order valence-corrected chi connectivity index (χ0v) is 9.27. The number of aromatic hydroxyl groups is 1. The minimum Gasteiger partial charge on any atom is -0.507 e. The Labute approximate surface area is 95.9 Å². The summed E-state index contributed by atoms with van der Waals surface area (Å²) in [5.41, 5.74) is 0.0134. The van der Waals surface area contributed by atoms with Crippen LogP contribution in [0.2, 0.25) is 0 Å². The zero-order valence-electron chi connectivity index (χ0n) is 9.27. The van der Waals surface area contributed by atoms with Crippen LogP contribution in [0.3, 0.4) is 0 Å². The molecular formula is C12H10O5. The average molecular weight is 234 g/mol. The van der Waals surface area contributed by atoms with E-state index in [4.69, 9.17) is 9.52 Å². The second-order valence-corrected chi connectivity index (χ2v) is 3.78.